The maximum atomic E-state index is 11.7. The number of benzene rings is 1. The van der Waals surface area contributed by atoms with E-state index in [9.17, 15) is 4.79 Å². The minimum absolute atomic E-state index is 0.263. The van der Waals surface area contributed by atoms with Crippen molar-refractivity contribution in [3.05, 3.63) is 35.4 Å². The minimum Gasteiger partial charge on any atom is -0.294 e. The van der Waals surface area contributed by atoms with E-state index in [1.165, 1.54) is 5.56 Å². The van der Waals surface area contributed by atoms with Crippen LogP contribution >= 0.6 is 15.9 Å². The molecule has 0 aliphatic carbocycles. The quantitative estimate of drug-likeness (QED) is 0.433. The summed E-state index contributed by atoms with van der Waals surface area (Å²) >= 11 is 3.36. The van der Waals surface area contributed by atoms with E-state index in [0.29, 0.717) is 6.42 Å². The fourth-order valence-corrected chi connectivity index (χ4v) is 1.85. The fraction of sp³-hybridized carbons (Fsp3) is 0.462. The number of carbonyl (C=O) groups excluding carboxylic acids is 1. The van der Waals surface area contributed by atoms with Crippen molar-refractivity contribution < 1.29 is 4.79 Å². The van der Waals surface area contributed by atoms with Gasteiger partial charge in [0.15, 0.2) is 5.78 Å². The van der Waals surface area contributed by atoms with Crippen molar-refractivity contribution in [1.29, 1.82) is 0 Å². The molecule has 0 aliphatic heterocycles. The molecule has 82 valence electrons. The number of alkyl halides is 1. The van der Waals surface area contributed by atoms with Crippen LogP contribution in [-0.4, -0.2) is 11.1 Å². The lowest BCUT2D eigenvalue weighted by molar-refractivity contribution is 0.0980. The third-order valence-corrected chi connectivity index (χ3v) is 3.03. The van der Waals surface area contributed by atoms with E-state index < -0.39 is 0 Å². The standard InChI is InChI=1S/C13H17BrO/c1-2-11-6-8-12(9-7-11)13(15)5-3-4-10-14/h6-9H,2-5,10H2,1H3. The fourth-order valence-electron chi connectivity index (χ4n) is 1.45. The summed E-state index contributed by atoms with van der Waals surface area (Å²) in [4.78, 5) is 11.7. The van der Waals surface area contributed by atoms with Crippen LogP contribution < -0.4 is 0 Å². The van der Waals surface area contributed by atoms with Crippen LogP contribution in [0.4, 0.5) is 0 Å². The molecule has 0 saturated heterocycles. The molecular formula is C13H17BrO. The summed E-state index contributed by atoms with van der Waals surface area (Å²) in [5.74, 6) is 0.263. The van der Waals surface area contributed by atoms with Gasteiger partial charge in [-0.05, 0) is 24.8 Å². The Morgan fingerprint density at radius 1 is 1.20 bits per heavy atom. The molecule has 1 aromatic rings. The Morgan fingerprint density at radius 2 is 1.87 bits per heavy atom. The van der Waals surface area contributed by atoms with Crippen LogP contribution in [-0.2, 0) is 6.42 Å². The number of hydrogen-bond acceptors (Lipinski definition) is 1. The number of halogens is 1. The van der Waals surface area contributed by atoms with E-state index in [4.69, 9.17) is 0 Å². The van der Waals surface area contributed by atoms with Crippen molar-refractivity contribution in [2.45, 2.75) is 32.6 Å². The summed E-state index contributed by atoms with van der Waals surface area (Å²) < 4.78 is 0. The zero-order valence-electron chi connectivity index (χ0n) is 9.13. The number of unbranched alkanes of at least 4 members (excludes halogenated alkanes) is 1. The van der Waals surface area contributed by atoms with Gasteiger partial charge in [0.25, 0.3) is 0 Å². The largest absolute Gasteiger partial charge is 0.294 e. The third kappa shape index (κ3) is 4.17. The van der Waals surface area contributed by atoms with Gasteiger partial charge < -0.3 is 0 Å². The topological polar surface area (TPSA) is 17.1 Å². The summed E-state index contributed by atoms with van der Waals surface area (Å²) in [6.45, 7) is 2.12. The number of carbonyl (C=O) groups is 1. The zero-order valence-corrected chi connectivity index (χ0v) is 10.7. The van der Waals surface area contributed by atoms with Crippen molar-refractivity contribution in [3.63, 3.8) is 0 Å². The van der Waals surface area contributed by atoms with Crippen molar-refractivity contribution in [1.82, 2.24) is 0 Å². The summed E-state index contributed by atoms with van der Waals surface area (Å²) in [6, 6.07) is 7.96. The van der Waals surface area contributed by atoms with Gasteiger partial charge in [0.1, 0.15) is 0 Å². The average molecular weight is 269 g/mol. The average Bonchev–Trinajstić information content (AvgIpc) is 2.29. The molecular weight excluding hydrogens is 252 g/mol. The second kappa shape index (κ2) is 6.78. The van der Waals surface area contributed by atoms with Crippen LogP contribution in [0.5, 0.6) is 0 Å². The van der Waals surface area contributed by atoms with Crippen molar-refractivity contribution >= 4 is 21.7 Å². The van der Waals surface area contributed by atoms with Crippen LogP contribution in [0.15, 0.2) is 24.3 Å². The van der Waals surface area contributed by atoms with Crippen molar-refractivity contribution in [2.24, 2.45) is 0 Å². The van der Waals surface area contributed by atoms with Gasteiger partial charge in [-0.15, -0.1) is 0 Å². The molecule has 1 nitrogen and oxygen atoms in total. The smallest absolute Gasteiger partial charge is 0.162 e. The van der Waals surface area contributed by atoms with Crippen LogP contribution in [0.1, 0.15) is 42.1 Å². The minimum atomic E-state index is 0.263. The van der Waals surface area contributed by atoms with Crippen molar-refractivity contribution in [2.75, 3.05) is 5.33 Å². The third-order valence-electron chi connectivity index (χ3n) is 2.47. The van der Waals surface area contributed by atoms with Gasteiger partial charge in [-0.25, -0.2) is 0 Å². The van der Waals surface area contributed by atoms with E-state index in [1.807, 2.05) is 24.3 Å². The van der Waals surface area contributed by atoms with E-state index in [1.54, 1.807) is 0 Å². The van der Waals surface area contributed by atoms with Gasteiger partial charge in [0.05, 0.1) is 0 Å². The van der Waals surface area contributed by atoms with Gasteiger partial charge >= 0.3 is 0 Å². The molecule has 0 amide bonds. The van der Waals surface area contributed by atoms with Crippen LogP contribution in [0, 0.1) is 0 Å². The zero-order chi connectivity index (χ0) is 11.1. The number of hydrogen-bond donors (Lipinski definition) is 0. The highest BCUT2D eigenvalue weighted by molar-refractivity contribution is 9.09. The first-order chi connectivity index (χ1) is 7.27. The predicted octanol–water partition coefficient (Wildman–Crippen LogP) is 4.00. The molecule has 1 aromatic carbocycles. The summed E-state index contributed by atoms with van der Waals surface area (Å²) in [7, 11) is 0. The Morgan fingerprint density at radius 3 is 2.40 bits per heavy atom. The van der Waals surface area contributed by atoms with Gasteiger partial charge in [-0.2, -0.15) is 0 Å². The van der Waals surface area contributed by atoms with Crippen LogP contribution in [0.25, 0.3) is 0 Å². The van der Waals surface area contributed by atoms with E-state index >= 15 is 0 Å². The molecule has 0 unspecified atom stereocenters. The van der Waals surface area contributed by atoms with Gasteiger partial charge in [-0.3, -0.25) is 4.79 Å². The molecule has 15 heavy (non-hydrogen) atoms. The normalized spacial score (nSPS) is 10.3. The molecule has 0 radical (unpaired) electrons. The highest BCUT2D eigenvalue weighted by Crippen LogP contribution is 2.10. The molecule has 0 aromatic heterocycles. The molecule has 1 rings (SSSR count). The highest BCUT2D eigenvalue weighted by atomic mass is 79.9. The lowest BCUT2D eigenvalue weighted by Crippen LogP contribution is -1.99. The second-order valence-electron chi connectivity index (χ2n) is 3.62. The van der Waals surface area contributed by atoms with Gasteiger partial charge in [-0.1, -0.05) is 47.1 Å². The van der Waals surface area contributed by atoms with Crippen LogP contribution in [0.3, 0.4) is 0 Å². The Balaban J connectivity index is 2.50. The number of rotatable bonds is 6. The summed E-state index contributed by atoms with van der Waals surface area (Å²) in [5, 5.41) is 0.981. The molecule has 0 saturated carbocycles. The van der Waals surface area contributed by atoms with E-state index in [-0.39, 0.29) is 5.78 Å². The highest BCUT2D eigenvalue weighted by Gasteiger charge is 2.04. The molecule has 0 aliphatic rings. The lowest BCUT2D eigenvalue weighted by atomic mass is 10.0. The Bertz CT molecular complexity index is 303. The molecule has 0 heterocycles. The van der Waals surface area contributed by atoms with E-state index in [0.717, 1.165) is 30.2 Å². The monoisotopic (exact) mass is 268 g/mol. The second-order valence-corrected chi connectivity index (χ2v) is 4.41. The molecule has 0 fully saturated rings. The molecule has 0 atom stereocenters. The first kappa shape index (κ1) is 12.4. The Hall–Kier alpha value is -0.630. The molecule has 0 N–H and O–H groups in total. The van der Waals surface area contributed by atoms with Crippen molar-refractivity contribution in [3.8, 4) is 0 Å². The summed E-state index contributed by atoms with van der Waals surface area (Å²) in [5.41, 5.74) is 2.13. The first-order valence-corrected chi connectivity index (χ1v) is 6.58. The predicted molar refractivity (Wildman–Crippen MR) is 67.8 cm³/mol. The molecule has 0 bridgehead atoms. The first-order valence-electron chi connectivity index (χ1n) is 5.46. The number of ketones is 1. The number of Topliss-reactive ketones (excluding diaryl/α,β-unsaturated/α-hetero) is 1. The molecule has 2 heteroatoms. The molecule has 0 spiro atoms. The summed E-state index contributed by atoms with van der Waals surface area (Å²) in [6.07, 6.45) is 3.73. The Labute approximate surface area is 100 Å². The maximum Gasteiger partial charge on any atom is 0.162 e. The Kier molecular flexibility index (Phi) is 5.62. The van der Waals surface area contributed by atoms with Gasteiger partial charge in [0.2, 0.25) is 0 Å². The number of aryl methyl sites for hydroxylation is 1. The SMILES string of the molecule is CCc1ccc(C(=O)CCCCBr)cc1. The van der Waals surface area contributed by atoms with E-state index in [2.05, 4.69) is 22.9 Å². The maximum absolute atomic E-state index is 11.7. The lowest BCUT2D eigenvalue weighted by Gasteiger charge is -2.01. The van der Waals surface area contributed by atoms with Crippen LogP contribution in [0.2, 0.25) is 0 Å². The van der Waals surface area contributed by atoms with Gasteiger partial charge in [0, 0.05) is 17.3 Å².